The number of phenolic OH excluding ortho intramolecular Hbond substituents is 1. The van der Waals surface area contributed by atoms with Gasteiger partial charge in [-0.15, -0.1) is 0 Å². The molecule has 0 atom stereocenters. The molecule has 0 bridgehead atoms. The molecule has 0 heterocycles. The summed E-state index contributed by atoms with van der Waals surface area (Å²) in [5.74, 6) is 1.22. The summed E-state index contributed by atoms with van der Waals surface area (Å²) in [5.41, 5.74) is 4.19. The standard InChI is InChI=1S/C24H26O2/c1-2-3-14-26-23-17-21(15-19-10-6-4-7-11-19)24(25)22(18-23)16-20-12-8-5-9-13-20/h4-13,17-18,25H,2-3,14-16H2,1H3. The smallest absolute Gasteiger partial charge is 0.122 e. The molecule has 134 valence electrons. The second kappa shape index (κ2) is 9.10. The van der Waals surface area contributed by atoms with E-state index in [1.54, 1.807) is 0 Å². The fourth-order valence-electron chi connectivity index (χ4n) is 3.05. The first-order valence-corrected chi connectivity index (χ1v) is 9.31. The second-order valence-corrected chi connectivity index (χ2v) is 6.62. The molecule has 0 amide bonds. The predicted octanol–water partition coefficient (Wildman–Crippen LogP) is 5.75. The van der Waals surface area contributed by atoms with Gasteiger partial charge in [-0.3, -0.25) is 0 Å². The van der Waals surface area contributed by atoms with Crippen molar-refractivity contribution in [2.45, 2.75) is 32.6 Å². The van der Waals surface area contributed by atoms with Crippen LogP contribution in [0.5, 0.6) is 11.5 Å². The molecule has 2 heteroatoms. The Labute approximate surface area is 156 Å². The Morgan fingerprint density at radius 3 is 1.73 bits per heavy atom. The number of hydrogen-bond donors (Lipinski definition) is 1. The quantitative estimate of drug-likeness (QED) is 0.526. The van der Waals surface area contributed by atoms with E-state index in [4.69, 9.17) is 4.74 Å². The summed E-state index contributed by atoms with van der Waals surface area (Å²) < 4.78 is 5.95. The van der Waals surface area contributed by atoms with Crippen LogP contribution in [0.25, 0.3) is 0 Å². The number of rotatable bonds is 8. The van der Waals surface area contributed by atoms with Gasteiger partial charge in [0.05, 0.1) is 6.61 Å². The Morgan fingerprint density at radius 2 is 1.27 bits per heavy atom. The zero-order chi connectivity index (χ0) is 18.2. The minimum absolute atomic E-state index is 0.376. The predicted molar refractivity (Wildman–Crippen MR) is 107 cm³/mol. The number of ether oxygens (including phenoxy) is 1. The largest absolute Gasteiger partial charge is 0.507 e. The maximum Gasteiger partial charge on any atom is 0.122 e. The van der Waals surface area contributed by atoms with Crippen molar-refractivity contribution in [2.75, 3.05) is 6.61 Å². The molecule has 0 aliphatic rings. The van der Waals surface area contributed by atoms with E-state index in [1.807, 2.05) is 48.5 Å². The van der Waals surface area contributed by atoms with Gasteiger partial charge in [0, 0.05) is 24.0 Å². The van der Waals surface area contributed by atoms with Gasteiger partial charge in [0.2, 0.25) is 0 Å². The zero-order valence-electron chi connectivity index (χ0n) is 15.3. The first-order chi connectivity index (χ1) is 12.8. The van der Waals surface area contributed by atoms with E-state index in [-0.39, 0.29) is 0 Å². The van der Waals surface area contributed by atoms with E-state index in [0.717, 1.165) is 29.7 Å². The first-order valence-electron chi connectivity index (χ1n) is 9.31. The van der Waals surface area contributed by atoms with Crippen LogP contribution in [-0.4, -0.2) is 11.7 Å². The molecule has 0 fully saturated rings. The molecule has 0 aliphatic heterocycles. The Hall–Kier alpha value is -2.74. The van der Waals surface area contributed by atoms with Crippen LogP contribution in [0, 0.1) is 0 Å². The van der Waals surface area contributed by atoms with Gasteiger partial charge in [-0.1, -0.05) is 74.0 Å². The normalized spacial score (nSPS) is 10.7. The molecule has 0 saturated heterocycles. The van der Waals surface area contributed by atoms with Crippen LogP contribution in [0.2, 0.25) is 0 Å². The highest BCUT2D eigenvalue weighted by Gasteiger charge is 2.12. The Morgan fingerprint density at radius 1 is 0.769 bits per heavy atom. The van der Waals surface area contributed by atoms with Gasteiger partial charge >= 0.3 is 0 Å². The van der Waals surface area contributed by atoms with Crippen LogP contribution in [0.15, 0.2) is 72.8 Å². The lowest BCUT2D eigenvalue weighted by molar-refractivity contribution is 0.308. The zero-order valence-corrected chi connectivity index (χ0v) is 15.3. The summed E-state index contributed by atoms with van der Waals surface area (Å²) in [6, 6.07) is 24.4. The summed E-state index contributed by atoms with van der Waals surface area (Å²) in [7, 11) is 0. The number of hydrogen-bond acceptors (Lipinski definition) is 2. The van der Waals surface area contributed by atoms with Gasteiger partial charge in [-0.25, -0.2) is 0 Å². The minimum atomic E-state index is 0.376. The number of phenols is 1. The third-order valence-corrected chi connectivity index (χ3v) is 4.48. The Balaban J connectivity index is 1.90. The molecule has 0 unspecified atom stereocenters. The van der Waals surface area contributed by atoms with E-state index in [9.17, 15) is 5.11 Å². The Kier molecular flexibility index (Phi) is 6.32. The van der Waals surface area contributed by atoms with Crippen LogP contribution in [0.1, 0.15) is 42.0 Å². The van der Waals surface area contributed by atoms with Crippen LogP contribution in [0.4, 0.5) is 0 Å². The highest BCUT2D eigenvalue weighted by molar-refractivity contribution is 5.50. The van der Waals surface area contributed by atoms with Crippen molar-refractivity contribution >= 4 is 0 Å². The third kappa shape index (κ3) is 4.89. The Bertz CT molecular complexity index is 748. The van der Waals surface area contributed by atoms with Gasteiger partial charge in [0.25, 0.3) is 0 Å². The fourth-order valence-corrected chi connectivity index (χ4v) is 3.05. The number of benzene rings is 3. The van der Waals surface area contributed by atoms with Crippen molar-refractivity contribution in [1.82, 2.24) is 0 Å². The van der Waals surface area contributed by atoms with Crippen LogP contribution >= 0.6 is 0 Å². The average molecular weight is 346 g/mol. The maximum absolute atomic E-state index is 10.9. The van der Waals surface area contributed by atoms with Crippen LogP contribution in [0.3, 0.4) is 0 Å². The molecule has 0 aromatic heterocycles. The minimum Gasteiger partial charge on any atom is -0.507 e. The van der Waals surface area contributed by atoms with E-state index >= 15 is 0 Å². The van der Waals surface area contributed by atoms with Crippen molar-refractivity contribution in [3.8, 4) is 11.5 Å². The van der Waals surface area contributed by atoms with E-state index in [0.29, 0.717) is 25.2 Å². The molecule has 0 radical (unpaired) electrons. The molecule has 3 aromatic rings. The number of aromatic hydroxyl groups is 1. The summed E-state index contributed by atoms with van der Waals surface area (Å²) in [4.78, 5) is 0. The molecular weight excluding hydrogens is 320 g/mol. The molecule has 2 nitrogen and oxygen atoms in total. The average Bonchev–Trinajstić information content (AvgIpc) is 2.67. The summed E-state index contributed by atoms with van der Waals surface area (Å²) in [6.45, 7) is 2.86. The van der Waals surface area contributed by atoms with Crippen molar-refractivity contribution in [2.24, 2.45) is 0 Å². The highest BCUT2D eigenvalue weighted by atomic mass is 16.5. The van der Waals surface area contributed by atoms with E-state index in [1.165, 1.54) is 11.1 Å². The van der Waals surface area contributed by atoms with Crippen molar-refractivity contribution in [3.05, 3.63) is 95.1 Å². The topological polar surface area (TPSA) is 29.5 Å². The molecule has 3 aromatic carbocycles. The number of unbranched alkanes of at least 4 members (excludes halogenated alkanes) is 1. The van der Waals surface area contributed by atoms with Crippen molar-refractivity contribution in [1.29, 1.82) is 0 Å². The molecule has 0 saturated carbocycles. The van der Waals surface area contributed by atoms with Gasteiger partial charge in [-0.2, -0.15) is 0 Å². The van der Waals surface area contributed by atoms with Crippen LogP contribution < -0.4 is 4.74 Å². The lowest BCUT2D eigenvalue weighted by Gasteiger charge is -2.14. The molecule has 0 aliphatic carbocycles. The van der Waals surface area contributed by atoms with E-state index < -0.39 is 0 Å². The highest BCUT2D eigenvalue weighted by Crippen LogP contribution is 2.32. The molecule has 0 spiro atoms. The summed E-state index contributed by atoms with van der Waals surface area (Å²) >= 11 is 0. The molecule has 3 rings (SSSR count). The van der Waals surface area contributed by atoms with Gasteiger partial charge < -0.3 is 9.84 Å². The molecular formula is C24H26O2. The van der Waals surface area contributed by atoms with Gasteiger partial charge in [-0.05, 0) is 29.7 Å². The van der Waals surface area contributed by atoms with Crippen molar-refractivity contribution in [3.63, 3.8) is 0 Å². The fraction of sp³-hybridized carbons (Fsp3) is 0.250. The lowest BCUT2D eigenvalue weighted by Crippen LogP contribution is -2.01. The summed E-state index contributed by atoms with van der Waals surface area (Å²) in [6.07, 6.45) is 3.52. The SMILES string of the molecule is CCCCOc1cc(Cc2ccccc2)c(O)c(Cc2ccccc2)c1. The van der Waals surface area contributed by atoms with Crippen LogP contribution in [-0.2, 0) is 12.8 Å². The monoisotopic (exact) mass is 346 g/mol. The molecule has 1 N–H and O–H groups in total. The summed E-state index contributed by atoms with van der Waals surface area (Å²) in [5, 5.41) is 10.9. The van der Waals surface area contributed by atoms with Gasteiger partial charge in [0.15, 0.2) is 0 Å². The lowest BCUT2D eigenvalue weighted by atomic mass is 9.97. The van der Waals surface area contributed by atoms with Crippen molar-refractivity contribution < 1.29 is 9.84 Å². The third-order valence-electron chi connectivity index (χ3n) is 4.48. The maximum atomic E-state index is 10.9. The van der Waals surface area contributed by atoms with Gasteiger partial charge in [0.1, 0.15) is 11.5 Å². The molecule has 26 heavy (non-hydrogen) atoms. The van der Waals surface area contributed by atoms with E-state index in [2.05, 4.69) is 31.2 Å². The first kappa shape index (κ1) is 18.1. The second-order valence-electron chi connectivity index (χ2n) is 6.62.